The molecule has 9 heteroatoms. The van der Waals surface area contributed by atoms with Crippen LogP contribution in [0.1, 0.15) is 12.0 Å². The molecule has 0 radical (unpaired) electrons. The Kier molecular flexibility index (Phi) is 4.95. The third-order valence-corrected chi connectivity index (χ3v) is 6.25. The molecule has 31 heavy (non-hydrogen) atoms. The zero-order valence-corrected chi connectivity index (χ0v) is 17.2. The number of H-pyrrole nitrogens is 1. The van der Waals surface area contributed by atoms with Crippen molar-refractivity contribution in [1.82, 2.24) is 20.3 Å². The van der Waals surface area contributed by atoms with Crippen molar-refractivity contribution in [3.63, 3.8) is 0 Å². The predicted octanol–water partition coefficient (Wildman–Crippen LogP) is 3.08. The Hall–Kier alpha value is -3.59. The van der Waals surface area contributed by atoms with Gasteiger partial charge in [-0.3, -0.25) is 9.59 Å². The lowest BCUT2D eigenvalue weighted by Gasteiger charge is -2.39. The van der Waals surface area contributed by atoms with Gasteiger partial charge in [0.15, 0.2) is 15.5 Å². The van der Waals surface area contributed by atoms with Crippen molar-refractivity contribution in [1.29, 1.82) is 0 Å². The molecule has 1 fully saturated rings. The number of anilines is 1. The van der Waals surface area contributed by atoms with Crippen LogP contribution in [0.25, 0.3) is 21.7 Å². The number of nitrogens with one attached hydrogen (secondary N) is 2. The molecule has 2 N–H and O–H groups in total. The summed E-state index contributed by atoms with van der Waals surface area (Å²) < 4.78 is 14.1. The number of halogens is 1. The van der Waals surface area contributed by atoms with Crippen LogP contribution >= 0.6 is 11.3 Å². The molecule has 0 unspecified atom stereocenters. The number of hydrogen-bond donors (Lipinski definition) is 2. The Morgan fingerprint density at radius 2 is 1.94 bits per heavy atom. The van der Waals surface area contributed by atoms with Crippen LogP contribution in [0.5, 0.6) is 0 Å². The van der Waals surface area contributed by atoms with Crippen LogP contribution in [-0.2, 0) is 11.3 Å². The molecular weight excluding hydrogens is 417 g/mol. The number of hydrogen-bond acceptors (Lipinski definition) is 6. The number of nitrogens with zero attached hydrogens (tertiary/aromatic N) is 3. The summed E-state index contributed by atoms with van der Waals surface area (Å²) in [7, 11) is 0. The SMILES string of the molecule is O=C(NCc1ccccc1)[C@H]1CCN1c1nc2c(=O)[nH]c(-c3ccccc3F)nc2s1. The fourth-order valence-corrected chi connectivity index (χ4v) is 4.53. The molecule has 4 aromatic rings. The molecule has 0 bridgehead atoms. The molecule has 2 aromatic carbocycles. The summed E-state index contributed by atoms with van der Waals surface area (Å²) in [5.41, 5.74) is 1.00. The van der Waals surface area contributed by atoms with Gasteiger partial charge in [0.05, 0.1) is 5.56 Å². The Balaban J connectivity index is 1.38. The number of benzene rings is 2. The van der Waals surface area contributed by atoms with E-state index in [9.17, 15) is 14.0 Å². The van der Waals surface area contributed by atoms with Gasteiger partial charge in [-0.2, -0.15) is 0 Å². The number of thiazole rings is 1. The van der Waals surface area contributed by atoms with Crippen LogP contribution in [0.2, 0.25) is 0 Å². The molecule has 1 atom stereocenters. The number of aromatic nitrogens is 3. The van der Waals surface area contributed by atoms with Gasteiger partial charge in [0, 0.05) is 13.1 Å². The number of carbonyl (C=O) groups is 1. The molecular formula is C22H18FN5O2S. The highest BCUT2D eigenvalue weighted by molar-refractivity contribution is 7.21. The maximum absolute atomic E-state index is 14.1. The first-order chi connectivity index (χ1) is 15.1. The van der Waals surface area contributed by atoms with E-state index in [0.29, 0.717) is 29.5 Å². The fraction of sp³-hybridized carbons (Fsp3) is 0.182. The first-order valence-electron chi connectivity index (χ1n) is 9.84. The quantitative estimate of drug-likeness (QED) is 0.503. The van der Waals surface area contributed by atoms with Gasteiger partial charge in [0.1, 0.15) is 17.7 Å². The Morgan fingerprint density at radius 1 is 1.16 bits per heavy atom. The van der Waals surface area contributed by atoms with Crippen LogP contribution in [0.3, 0.4) is 0 Å². The van der Waals surface area contributed by atoms with Crippen molar-refractivity contribution in [3.8, 4) is 11.4 Å². The number of amides is 1. The maximum Gasteiger partial charge on any atom is 0.278 e. The molecule has 1 amide bonds. The minimum atomic E-state index is -0.465. The third-order valence-electron chi connectivity index (χ3n) is 5.26. The molecule has 1 aliphatic rings. The first kappa shape index (κ1) is 19.4. The van der Waals surface area contributed by atoms with Gasteiger partial charge in [-0.25, -0.2) is 14.4 Å². The predicted molar refractivity (Wildman–Crippen MR) is 117 cm³/mol. The molecule has 156 valence electrons. The van der Waals surface area contributed by atoms with E-state index in [1.807, 2.05) is 35.2 Å². The number of fused-ring (bicyclic) bond motifs is 1. The van der Waals surface area contributed by atoms with Gasteiger partial charge in [-0.15, -0.1) is 0 Å². The van der Waals surface area contributed by atoms with Crippen molar-refractivity contribution in [2.24, 2.45) is 0 Å². The van der Waals surface area contributed by atoms with E-state index >= 15 is 0 Å². The fourth-order valence-electron chi connectivity index (χ4n) is 3.52. The Labute approximate surface area is 180 Å². The van der Waals surface area contributed by atoms with Gasteiger partial charge < -0.3 is 15.2 Å². The summed E-state index contributed by atoms with van der Waals surface area (Å²) in [5, 5.41) is 3.51. The van der Waals surface area contributed by atoms with Gasteiger partial charge >= 0.3 is 0 Å². The maximum atomic E-state index is 14.1. The van der Waals surface area contributed by atoms with E-state index in [-0.39, 0.29) is 28.9 Å². The third kappa shape index (κ3) is 3.68. The van der Waals surface area contributed by atoms with E-state index in [1.165, 1.54) is 17.4 Å². The van der Waals surface area contributed by atoms with Crippen LogP contribution < -0.4 is 15.8 Å². The second-order valence-corrected chi connectivity index (χ2v) is 8.20. The summed E-state index contributed by atoms with van der Waals surface area (Å²) >= 11 is 1.23. The van der Waals surface area contributed by atoms with Crippen LogP contribution in [-0.4, -0.2) is 33.4 Å². The van der Waals surface area contributed by atoms with Crippen molar-refractivity contribution >= 4 is 32.7 Å². The zero-order chi connectivity index (χ0) is 21.4. The van der Waals surface area contributed by atoms with Gasteiger partial charge in [0.25, 0.3) is 5.56 Å². The molecule has 0 saturated carbocycles. The number of rotatable bonds is 5. The van der Waals surface area contributed by atoms with E-state index in [0.717, 1.165) is 5.56 Å². The average molecular weight is 435 g/mol. The summed E-state index contributed by atoms with van der Waals surface area (Å²) in [5.74, 6) is -0.387. The normalized spacial score (nSPS) is 15.6. The average Bonchev–Trinajstić information content (AvgIpc) is 3.16. The number of aromatic amines is 1. The molecule has 0 spiro atoms. The van der Waals surface area contributed by atoms with E-state index in [2.05, 4.69) is 20.3 Å². The van der Waals surface area contributed by atoms with Gasteiger partial charge in [0.2, 0.25) is 5.91 Å². The van der Waals surface area contributed by atoms with Crippen molar-refractivity contribution in [2.45, 2.75) is 19.0 Å². The zero-order valence-electron chi connectivity index (χ0n) is 16.3. The lowest BCUT2D eigenvalue weighted by Crippen LogP contribution is -2.56. The van der Waals surface area contributed by atoms with Crippen LogP contribution in [0, 0.1) is 5.82 Å². The topological polar surface area (TPSA) is 91.0 Å². The largest absolute Gasteiger partial charge is 0.350 e. The van der Waals surface area contributed by atoms with Crippen LogP contribution in [0.15, 0.2) is 59.4 Å². The molecule has 2 aromatic heterocycles. The highest BCUT2D eigenvalue weighted by atomic mass is 32.1. The van der Waals surface area contributed by atoms with Crippen LogP contribution in [0.4, 0.5) is 9.52 Å². The minimum absolute atomic E-state index is 0.0803. The second-order valence-electron chi connectivity index (χ2n) is 7.25. The molecule has 1 aliphatic heterocycles. The van der Waals surface area contributed by atoms with Gasteiger partial charge in [-0.1, -0.05) is 53.8 Å². The highest BCUT2D eigenvalue weighted by Crippen LogP contribution is 2.33. The first-order valence-corrected chi connectivity index (χ1v) is 10.7. The lowest BCUT2D eigenvalue weighted by molar-refractivity contribution is -0.123. The van der Waals surface area contributed by atoms with Gasteiger partial charge in [-0.05, 0) is 24.1 Å². The lowest BCUT2D eigenvalue weighted by atomic mass is 10.0. The Bertz CT molecular complexity index is 1320. The standard InChI is InChI=1S/C22H18FN5O2S/c23-15-9-5-4-8-14(15)18-26-20(30)17-21(27-18)31-22(25-17)28-11-10-16(28)19(29)24-12-13-6-2-1-3-7-13/h1-9,16H,10-12H2,(H,24,29)(H,26,27,30)/t16-/m1/s1. The molecule has 7 nitrogen and oxygen atoms in total. The molecule has 1 saturated heterocycles. The van der Waals surface area contributed by atoms with Crippen molar-refractivity contribution in [2.75, 3.05) is 11.4 Å². The molecule has 0 aliphatic carbocycles. The monoisotopic (exact) mass is 435 g/mol. The Morgan fingerprint density at radius 3 is 2.68 bits per heavy atom. The van der Waals surface area contributed by atoms with Crippen molar-refractivity contribution < 1.29 is 9.18 Å². The minimum Gasteiger partial charge on any atom is -0.350 e. The second kappa shape index (κ2) is 7.92. The summed E-state index contributed by atoms with van der Waals surface area (Å²) in [6.07, 6.45) is 0.709. The molecule has 5 rings (SSSR count). The van der Waals surface area contributed by atoms with E-state index in [4.69, 9.17) is 0 Å². The molecule has 3 heterocycles. The summed E-state index contributed by atoms with van der Waals surface area (Å²) in [4.78, 5) is 38.9. The van der Waals surface area contributed by atoms with E-state index < -0.39 is 11.4 Å². The summed E-state index contributed by atoms with van der Waals surface area (Å²) in [6, 6.07) is 15.5. The summed E-state index contributed by atoms with van der Waals surface area (Å²) in [6.45, 7) is 1.12. The van der Waals surface area contributed by atoms with E-state index in [1.54, 1.807) is 18.2 Å². The highest BCUT2D eigenvalue weighted by Gasteiger charge is 2.36. The smallest absolute Gasteiger partial charge is 0.278 e. The number of carbonyl (C=O) groups excluding carboxylic acids is 1. The van der Waals surface area contributed by atoms with Crippen molar-refractivity contribution in [3.05, 3.63) is 76.3 Å².